The third-order valence-corrected chi connectivity index (χ3v) is 3.63. The summed E-state index contributed by atoms with van der Waals surface area (Å²) >= 11 is 0. The molecule has 0 aliphatic heterocycles. The zero-order valence-corrected chi connectivity index (χ0v) is 13.8. The molecule has 0 saturated heterocycles. The number of aliphatic hydroxyl groups is 2. The number of alkyl carbamates (subject to hydrolysis) is 1. The Balaban J connectivity index is 1.91. The highest BCUT2D eigenvalue weighted by Gasteiger charge is 2.24. The summed E-state index contributed by atoms with van der Waals surface area (Å²) in [5.74, 6) is -1.58. The standard InChI is InChI=1S/C18H19FN2O5/c19-12-6-7-13(17(20)24)14(8-12)16(23)15(22)9-21-18(25)26-10-11-4-2-1-3-5-11/h1-8,15-16,22-23H,9-10H2,(H2,20,24)(H,21,25). The molecule has 0 saturated carbocycles. The van der Waals surface area contributed by atoms with Crippen LogP contribution in [-0.2, 0) is 11.3 Å². The van der Waals surface area contributed by atoms with E-state index in [-0.39, 0.29) is 24.3 Å². The average molecular weight is 362 g/mol. The molecule has 2 rings (SSSR count). The molecule has 0 bridgehead atoms. The van der Waals surface area contributed by atoms with Crippen molar-refractivity contribution in [1.82, 2.24) is 5.32 Å². The first-order valence-electron chi connectivity index (χ1n) is 7.78. The number of carbonyl (C=O) groups excluding carboxylic acids is 2. The maximum absolute atomic E-state index is 13.4. The molecule has 0 aliphatic carbocycles. The Morgan fingerprint density at radius 1 is 1.15 bits per heavy atom. The Labute approximate surface area is 149 Å². The van der Waals surface area contributed by atoms with E-state index >= 15 is 0 Å². The first-order chi connectivity index (χ1) is 12.4. The molecule has 7 nitrogen and oxygen atoms in total. The summed E-state index contributed by atoms with van der Waals surface area (Å²) in [6.45, 7) is -0.329. The van der Waals surface area contributed by atoms with Gasteiger partial charge in [0.1, 0.15) is 24.6 Å². The molecule has 26 heavy (non-hydrogen) atoms. The number of nitrogens with two attached hydrogens (primary N) is 1. The van der Waals surface area contributed by atoms with Crippen LogP contribution >= 0.6 is 0 Å². The van der Waals surface area contributed by atoms with Gasteiger partial charge in [-0.1, -0.05) is 30.3 Å². The number of rotatable bonds is 7. The second-order valence-corrected chi connectivity index (χ2v) is 5.55. The number of halogens is 1. The predicted molar refractivity (Wildman–Crippen MR) is 90.5 cm³/mol. The van der Waals surface area contributed by atoms with Crippen LogP contribution in [0.2, 0.25) is 0 Å². The second-order valence-electron chi connectivity index (χ2n) is 5.55. The third kappa shape index (κ3) is 5.27. The minimum Gasteiger partial charge on any atom is -0.445 e. The predicted octanol–water partition coefficient (Wildman–Crippen LogP) is 1.25. The highest BCUT2D eigenvalue weighted by atomic mass is 19.1. The molecule has 0 spiro atoms. The minimum atomic E-state index is -1.62. The molecule has 2 aromatic rings. The van der Waals surface area contributed by atoms with Crippen molar-refractivity contribution in [1.29, 1.82) is 0 Å². The molecule has 0 aliphatic rings. The molecular formula is C18H19FN2O5. The van der Waals surface area contributed by atoms with Crippen LogP contribution in [0.4, 0.5) is 9.18 Å². The van der Waals surface area contributed by atoms with Gasteiger partial charge in [0.2, 0.25) is 5.91 Å². The normalized spacial score (nSPS) is 12.9. The van der Waals surface area contributed by atoms with Crippen molar-refractivity contribution in [3.63, 3.8) is 0 Å². The van der Waals surface area contributed by atoms with E-state index < -0.39 is 30.0 Å². The number of primary amides is 1. The van der Waals surface area contributed by atoms with Crippen LogP contribution in [0.25, 0.3) is 0 Å². The highest BCUT2D eigenvalue weighted by molar-refractivity contribution is 5.94. The molecular weight excluding hydrogens is 343 g/mol. The van der Waals surface area contributed by atoms with Crippen molar-refractivity contribution in [3.05, 3.63) is 71.0 Å². The second kappa shape index (κ2) is 8.93. The molecule has 2 amide bonds. The molecule has 138 valence electrons. The SMILES string of the molecule is NC(=O)c1ccc(F)cc1C(O)C(O)CNC(=O)OCc1ccccc1. The number of hydrogen-bond acceptors (Lipinski definition) is 5. The van der Waals surface area contributed by atoms with E-state index in [1.54, 1.807) is 24.3 Å². The molecule has 0 heterocycles. The van der Waals surface area contributed by atoms with Gasteiger partial charge in [0.25, 0.3) is 0 Å². The summed E-state index contributed by atoms with van der Waals surface area (Å²) < 4.78 is 18.3. The van der Waals surface area contributed by atoms with Gasteiger partial charge in [0, 0.05) is 12.1 Å². The zero-order valence-electron chi connectivity index (χ0n) is 13.8. The van der Waals surface area contributed by atoms with E-state index in [0.717, 1.165) is 23.8 Å². The van der Waals surface area contributed by atoms with Gasteiger partial charge in [-0.2, -0.15) is 0 Å². The van der Waals surface area contributed by atoms with Crippen LogP contribution in [0, 0.1) is 5.82 Å². The van der Waals surface area contributed by atoms with Crippen LogP contribution in [0.3, 0.4) is 0 Å². The summed E-state index contributed by atoms with van der Waals surface area (Å²) in [4.78, 5) is 23.0. The number of nitrogens with one attached hydrogen (secondary N) is 1. The fraction of sp³-hybridized carbons (Fsp3) is 0.222. The molecule has 2 atom stereocenters. The van der Waals surface area contributed by atoms with E-state index in [4.69, 9.17) is 10.5 Å². The Bertz CT molecular complexity index is 769. The van der Waals surface area contributed by atoms with Gasteiger partial charge < -0.3 is 26.0 Å². The number of ether oxygens (including phenoxy) is 1. The minimum absolute atomic E-state index is 0.0427. The van der Waals surface area contributed by atoms with Crippen molar-refractivity contribution in [2.45, 2.75) is 18.8 Å². The lowest BCUT2D eigenvalue weighted by Gasteiger charge is -2.20. The zero-order chi connectivity index (χ0) is 19.1. The van der Waals surface area contributed by atoms with Gasteiger partial charge in [-0.05, 0) is 29.3 Å². The van der Waals surface area contributed by atoms with Gasteiger partial charge in [0.15, 0.2) is 0 Å². The van der Waals surface area contributed by atoms with E-state index in [2.05, 4.69) is 5.32 Å². The van der Waals surface area contributed by atoms with Crippen molar-refractivity contribution >= 4 is 12.0 Å². The summed E-state index contributed by atoms with van der Waals surface area (Å²) in [6.07, 6.45) is -3.92. The lowest BCUT2D eigenvalue weighted by molar-refractivity contribution is 0.0177. The first kappa shape index (κ1) is 19.4. The maximum atomic E-state index is 13.4. The lowest BCUT2D eigenvalue weighted by Crippen LogP contribution is -2.36. The van der Waals surface area contributed by atoms with E-state index in [0.29, 0.717) is 0 Å². The third-order valence-electron chi connectivity index (χ3n) is 3.63. The first-order valence-corrected chi connectivity index (χ1v) is 7.78. The fourth-order valence-electron chi connectivity index (χ4n) is 2.28. The summed E-state index contributed by atoms with van der Waals surface area (Å²) in [5.41, 5.74) is 5.68. The number of benzene rings is 2. The lowest BCUT2D eigenvalue weighted by atomic mass is 9.98. The molecule has 0 radical (unpaired) electrons. The van der Waals surface area contributed by atoms with Crippen LogP contribution in [0.15, 0.2) is 48.5 Å². The fourth-order valence-corrected chi connectivity index (χ4v) is 2.28. The Morgan fingerprint density at radius 2 is 1.85 bits per heavy atom. The Hall–Kier alpha value is -2.97. The summed E-state index contributed by atoms with van der Waals surface area (Å²) in [6, 6.07) is 12.0. The van der Waals surface area contributed by atoms with Gasteiger partial charge in [-0.25, -0.2) is 9.18 Å². The summed E-state index contributed by atoms with van der Waals surface area (Å²) in [5, 5.41) is 22.4. The highest BCUT2D eigenvalue weighted by Crippen LogP contribution is 2.22. The number of amides is 2. The monoisotopic (exact) mass is 362 g/mol. The van der Waals surface area contributed by atoms with Crippen LogP contribution in [-0.4, -0.2) is 34.9 Å². The quantitative estimate of drug-likeness (QED) is 0.590. The topological polar surface area (TPSA) is 122 Å². The number of aliphatic hydroxyl groups excluding tert-OH is 2. The van der Waals surface area contributed by atoms with Gasteiger partial charge >= 0.3 is 6.09 Å². The smallest absolute Gasteiger partial charge is 0.407 e. The van der Waals surface area contributed by atoms with Crippen molar-refractivity contribution < 1.29 is 28.9 Å². The Morgan fingerprint density at radius 3 is 2.50 bits per heavy atom. The van der Waals surface area contributed by atoms with Gasteiger partial charge in [-0.3, -0.25) is 4.79 Å². The van der Waals surface area contributed by atoms with Crippen LogP contribution in [0.5, 0.6) is 0 Å². The number of hydrogen-bond donors (Lipinski definition) is 4. The molecule has 2 aromatic carbocycles. The number of carbonyl (C=O) groups is 2. The Kier molecular flexibility index (Phi) is 6.65. The van der Waals surface area contributed by atoms with Crippen LogP contribution < -0.4 is 11.1 Å². The van der Waals surface area contributed by atoms with Crippen molar-refractivity contribution in [3.8, 4) is 0 Å². The van der Waals surface area contributed by atoms with E-state index in [1.165, 1.54) is 0 Å². The molecule has 0 aromatic heterocycles. The molecule has 2 unspecified atom stereocenters. The average Bonchev–Trinajstić information content (AvgIpc) is 2.64. The van der Waals surface area contributed by atoms with Gasteiger partial charge in [0.05, 0.1) is 0 Å². The van der Waals surface area contributed by atoms with Crippen molar-refractivity contribution in [2.75, 3.05) is 6.54 Å². The summed E-state index contributed by atoms with van der Waals surface area (Å²) in [7, 11) is 0. The largest absolute Gasteiger partial charge is 0.445 e. The molecule has 0 fully saturated rings. The van der Waals surface area contributed by atoms with E-state index in [1.807, 2.05) is 6.07 Å². The van der Waals surface area contributed by atoms with Gasteiger partial charge in [-0.15, -0.1) is 0 Å². The molecule has 8 heteroatoms. The maximum Gasteiger partial charge on any atom is 0.407 e. The van der Waals surface area contributed by atoms with E-state index in [9.17, 15) is 24.2 Å². The molecule has 5 N–H and O–H groups in total. The van der Waals surface area contributed by atoms with Crippen molar-refractivity contribution in [2.24, 2.45) is 5.73 Å². The van der Waals surface area contributed by atoms with Crippen LogP contribution in [0.1, 0.15) is 27.6 Å².